The average molecular weight is 204 g/mol. The zero-order valence-corrected chi connectivity index (χ0v) is 11.5. The number of carbonyl (C=O) groups is 1. The molecule has 0 aliphatic heterocycles. The summed E-state index contributed by atoms with van der Waals surface area (Å²) in [6, 6.07) is 0. The third-order valence-electron chi connectivity index (χ3n) is 0.341. The fraction of sp³-hybridized carbons (Fsp3) is 0.667. The molecule has 0 bridgehead atoms. The molecule has 0 rings (SSSR count). The van der Waals surface area contributed by atoms with Crippen molar-refractivity contribution < 1.29 is 78.8 Å². The molecule has 1 unspecified atom stereocenters. The van der Waals surface area contributed by atoms with Crippen LogP contribution in [0.4, 0.5) is 0 Å². The number of hydrogen-bond acceptors (Lipinski definition) is 3. The second-order valence-electron chi connectivity index (χ2n) is 0.995. The van der Waals surface area contributed by atoms with E-state index in [2.05, 4.69) is 0 Å². The van der Waals surface area contributed by atoms with Gasteiger partial charge in [0, 0.05) is 0 Å². The van der Waals surface area contributed by atoms with E-state index in [1.165, 1.54) is 0 Å². The van der Waals surface area contributed by atoms with Gasteiger partial charge in [0.05, 0.1) is 12.1 Å². The second kappa shape index (κ2) is 13.2. The van der Waals surface area contributed by atoms with E-state index in [4.69, 9.17) is 5.11 Å². The number of aliphatic hydroxyl groups is 1. The van der Waals surface area contributed by atoms with E-state index in [-0.39, 0.29) is 102 Å². The van der Waals surface area contributed by atoms with Crippen LogP contribution >= 0.6 is 0 Å². The fourth-order valence-electron chi connectivity index (χ4n) is 0. The number of aliphatic hydroxyl groups excluding tert-OH is 1. The Hall–Kier alpha value is 2.62. The van der Waals surface area contributed by atoms with Crippen molar-refractivity contribution in [3.05, 3.63) is 0 Å². The van der Waals surface area contributed by atoms with Crippen LogP contribution in [0.1, 0.15) is 6.92 Å². The minimum absolute atomic E-state index is 0. The van der Waals surface area contributed by atoms with E-state index in [0.29, 0.717) is 0 Å². The topological polar surface area (TPSA) is 60.4 Å². The van der Waals surface area contributed by atoms with Crippen LogP contribution in [-0.2, 0) is 4.79 Å². The Kier molecular flexibility index (Phi) is 33.2. The summed E-state index contributed by atoms with van der Waals surface area (Å²) in [5, 5.41) is 17.3. The van der Waals surface area contributed by atoms with Crippen LogP contribution in [-0.4, -0.2) is 54.9 Å². The van der Waals surface area contributed by atoms with Crippen molar-refractivity contribution in [2.24, 2.45) is 0 Å². The summed E-state index contributed by atoms with van der Waals surface area (Å²) in [5.74, 6) is -1.44. The molecule has 0 heterocycles. The molecular weight excluding hydrogens is 199 g/mol. The molecular formula is C3H5CaClKO3+. The van der Waals surface area contributed by atoms with E-state index in [1.807, 2.05) is 0 Å². The van der Waals surface area contributed by atoms with Crippen LogP contribution in [0.5, 0.6) is 0 Å². The van der Waals surface area contributed by atoms with E-state index in [1.54, 1.807) is 0 Å². The Labute approximate surface area is 132 Å². The molecule has 1 atom stereocenters. The van der Waals surface area contributed by atoms with Crippen LogP contribution in [0.15, 0.2) is 0 Å². The van der Waals surface area contributed by atoms with Crippen molar-refractivity contribution in [1.29, 1.82) is 0 Å². The summed E-state index contributed by atoms with van der Waals surface area (Å²) in [4.78, 5) is 9.34. The number of rotatable bonds is 1. The first kappa shape index (κ1) is 22.6. The van der Waals surface area contributed by atoms with Gasteiger partial charge in [0.15, 0.2) is 0 Å². The smallest absolute Gasteiger partial charge is 1.00 e. The van der Waals surface area contributed by atoms with E-state index >= 15 is 0 Å². The molecule has 0 amide bonds. The van der Waals surface area contributed by atoms with Crippen LogP contribution in [0.25, 0.3) is 0 Å². The summed E-state index contributed by atoms with van der Waals surface area (Å²) in [6.45, 7) is 1.13. The zero-order chi connectivity index (χ0) is 5.15. The summed E-state index contributed by atoms with van der Waals surface area (Å²) >= 11 is 0. The first-order chi connectivity index (χ1) is 2.64. The zero-order valence-electron chi connectivity index (χ0n) is 5.43. The molecule has 0 aromatic rings. The first-order valence-electron chi connectivity index (χ1n) is 1.53. The van der Waals surface area contributed by atoms with Gasteiger partial charge in [-0.15, -0.1) is 0 Å². The minimum Gasteiger partial charge on any atom is -1.00 e. The van der Waals surface area contributed by atoms with Crippen molar-refractivity contribution in [2.45, 2.75) is 13.0 Å². The quantitative estimate of drug-likeness (QED) is 0.431. The normalized spacial score (nSPS) is 9.11. The second-order valence-corrected chi connectivity index (χ2v) is 0.995. The van der Waals surface area contributed by atoms with Gasteiger partial charge < -0.3 is 27.4 Å². The van der Waals surface area contributed by atoms with Gasteiger partial charge in [0.1, 0.15) is 0 Å². The van der Waals surface area contributed by atoms with Crippen molar-refractivity contribution in [2.75, 3.05) is 0 Å². The van der Waals surface area contributed by atoms with Crippen molar-refractivity contribution in [3.8, 4) is 0 Å². The Morgan fingerprint density at radius 2 is 1.78 bits per heavy atom. The molecule has 0 aliphatic rings. The van der Waals surface area contributed by atoms with Crippen LogP contribution in [0.2, 0.25) is 0 Å². The molecule has 0 radical (unpaired) electrons. The van der Waals surface area contributed by atoms with E-state index in [9.17, 15) is 9.90 Å². The van der Waals surface area contributed by atoms with Crippen molar-refractivity contribution in [1.82, 2.24) is 0 Å². The third kappa shape index (κ3) is 18.0. The predicted molar refractivity (Wildman–Crippen MR) is 22.4 cm³/mol. The number of aliphatic carboxylic acids is 1. The molecule has 0 saturated carbocycles. The molecule has 9 heavy (non-hydrogen) atoms. The maximum atomic E-state index is 9.34. The molecule has 6 heteroatoms. The molecule has 0 aliphatic carbocycles. The van der Waals surface area contributed by atoms with Gasteiger partial charge in [-0.25, -0.2) is 0 Å². The SMILES string of the molecule is CC(O)C(=O)[O-].[Ca+2].[Cl-].[K+]. The third-order valence-corrected chi connectivity index (χ3v) is 0.341. The Bertz CT molecular complexity index is 70.1. The number of carbonyl (C=O) groups excluding carboxylic acids is 1. The van der Waals surface area contributed by atoms with Crippen LogP contribution in [0, 0.1) is 0 Å². The molecule has 0 spiro atoms. The molecule has 44 valence electrons. The van der Waals surface area contributed by atoms with Gasteiger partial charge in [-0.05, 0) is 6.92 Å². The van der Waals surface area contributed by atoms with Gasteiger partial charge in [-0.1, -0.05) is 0 Å². The minimum atomic E-state index is -1.44. The molecule has 0 aromatic heterocycles. The Morgan fingerprint density at radius 1 is 1.67 bits per heavy atom. The van der Waals surface area contributed by atoms with Gasteiger partial charge in [-0.3, -0.25) is 0 Å². The molecule has 0 fully saturated rings. The molecule has 0 aromatic carbocycles. The fourth-order valence-corrected chi connectivity index (χ4v) is 0. The summed E-state index contributed by atoms with van der Waals surface area (Å²) in [7, 11) is 0. The predicted octanol–water partition coefficient (Wildman–Crippen LogP) is -8.26. The Balaban J connectivity index is -0.0000000417. The molecule has 3 nitrogen and oxygen atoms in total. The standard InChI is InChI=1S/C3H6O3.Ca.ClH.K/c1-2(4)3(5)6;;;/h2,4H,1H3,(H,5,6);;1H;/q;+2;;+1/p-2. The largest absolute Gasteiger partial charge is 2.00 e. The monoisotopic (exact) mass is 203 g/mol. The van der Waals surface area contributed by atoms with Crippen molar-refractivity contribution in [3.63, 3.8) is 0 Å². The number of halogens is 1. The van der Waals surface area contributed by atoms with E-state index < -0.39 is 12.1 Å². The van der Waals surface area contributed by atoms with Crippen LogP contribution in [0.3, 0.4) is 0 Å². The van der Waals surface area contributed by atoms with Crippen LogP contribution < -0.4 is 68.9 Å². The first-order valence-corrected chi connectivity index (χ1v) is 1.53. The molecule has 0 saturated heterocycles. The number of hydrogen-bond donors (Lipinski definition) is 1. The number of carboxylic acids is 1. The summed E-state index contributed by atoms with van der Waals surface area (Å²) in [6.07, 6.45) is -1.34. The van der Waals surface area contributed by atoms with Crippen molar-refractivity contribution >= 4 is 43.7 Å². The summed E-state index contributed by atoms with van der Waals surface area (Å²) in [5.41, 5.74) is 0. The number of carboxylic acid groups (broad SMARTS) is 1. The van der Waals surface area contributed by atoms with Gasteiger partial charge >= 0.3 is 89.1 Å². The summed E-state index contributed by atoms with van der Waals surface area (Å²) < 4.78 is 0. The molecule has 1 N–H and O–H groups in total. The Morgan fingerprint density at radius 3 is 1.78 bits per heavy atom. The van der Waals surface area contributed by atoms with Gasteiger partial charge in [-0.2, -0.15) is 0 Å². The maximum Gasteiger partial charge on any atom is 2.00 e. The van der Waals surface area contributed by atoms with E-state index in [0.717, 1.165) is 6.92 Å². The van der Waals surface area contributed by atoms with Gasteiger partial charge in [0.2, 0.25) is 0 Å². The average Bonchev–Trinajstić information content (AvgIpc) is 1.36. The maximum absolute atomic E-state index is 9.34. The van der Waals surface area contributed by atoms with Gasteiger partial charge in [0.25, 0.3) is 0 Å².